The molecule has 4 fully saturated rings. The molecule has 4 heteroatoms. The SMILES string of the molecule is CC(=O)O[C@H]1CC[C@@]2(C)[C@H](CC[C@H]3[C@H]2CC[C@]2(C)C(=O)[C@H](Br)C[C@@H]32)C1. The van der Waals surface area contributed by atoms with Gasteiger partial charge in [-0.05, 0) is 80.5 Å². The average molecular weight is 411 g/mol. The summed E-state index contributed by atoms with van der Waals surface area (Å²) in [6.45, 7) is 6.27. The summed E-state index contributed by atoms with van der Waals surface area (Å²) in [5.74, 6) is 3.01. The van der Waals surface area contributed by atoms with Gasteiger partial charge < -0.3 is 4.74 Å². The monoisotopic (exact) mass is 410 g/mol. The van der Waals surface area contributed by atoms with Crippen molar-refractivity contribution < 1.29 is 14.3 Å². The van der Waals surface area contributed by atoms with Crippen molar-refractivity contribution in [2.75, 3.05) is 0 Å². The lowest BCUT2D eigenvalue weighted by atomic mass is 9.45. The number of ketones is 1. The number of alkyl halides is 1. The quantitative estimate of drug-likeness (QED) is 0.455. The molecule has 0 amide bonds. The molecule has 0 aromatic heterocycles. The Hall–Kier alpha value is -0.380. The third kappa shape index (κ3) is 2.64. The van der Waals surface area contributed by atoms with Crippen LogP contribution in [0, 0.1) is 34.5 Å². The van der Waals surface area contributed by atoms with Crippen molar-refractivity contribution in [3.63, 3.8) is 0 Å². The lowest BCUT2D eigenvalue weighted by molar-refractivity contribution is -0.160. The van der Waals surface area contributed by atoms with Crippen LogP contribution in [0.3, 0.4) is 0 Å². The van der Waals surface area contributed by atoms with Crippen molar-refractivity contribution in [3.8, 4) is 0 Å². The largest absolute Gasteiger partial charge is 0.463 e. The van der Waals surface area contributed by atoms with Crippen molar-refractivity contribution >= 4 is 27.7 Å². The Labute approximate surface area is 159 Å². The second-order valence-electron chi connectivity index (χ2n) is 9.69. The van der Waals surface area contributed by atoms with E-state index in [0.29, 0.717) is 29.0 Å². The standard InChI is InChI=1S/C21H31BrO3/c1-12(23)25-14-6-8-20(2)13(10-14)4-5-15-16(20)7-9-21(3)17(15)11-18(22)19(21)24/h13-18H,4-11H2,1-3H3/t13-,14+,15+,16-,17+,18-,20+,21+/m1/s1. The number of ether oxygens (including phenoxy) is 1. The first-order valence-electron chi connectivity index (χ1n) is 10.1. The van der Waals surface area contributed by atoms with Crippen molar-refractivity contribution in [1.82, 2.24) is 0 Å². The van der Waals surface area contributed by atoms with Gasteiger partial charge in [-0.15, -0.1) is 0 Å². The fourth-order valence-corrected chi connectivity index (χ4v) is 8.23. The van der Waals surface area contributed by atoms with Gasteiger partial charge in [0.2, 0.25) is 0 Å². The Morgan fingerprint density at radius 3 is 2.56 bits per heavy atom. The molecular formula is C21H31BrO3. The molecule has 0 aromatic rings. The molecule has 25 heavy (non-hydrogen) atoms. The van der Waals surface area contributed by atoms with Crippen molar-refractivity contribution in [2.24, 2.45) is 34.5 Å². The van der Waals surface area contributed by atoms with Gasteiger partial charge in [-0.2, -0.15) is 0 Å². The predicted molar refractivity (Wildman–Crippen MR) is 100 cm³/mol. The van der Waals surface area contributed by atoms with E-state index < -0.39 is 0 Å². The second kappa shape index (κ2) is 6.07. The highest BCUT2D eigenvalue weighted by molar-refractivity contribution is 9.10. The molecule has 0 spiro atoms. The van der Waals surface area contributed by atoms with Crippen LogP contribution in [0.2, 0.25) is 0 Å². The summed E-state index contributed by atoms with van der Waals surface area (Å²) >= 11 is 3.66. The molecule has 0 bridgehead atoms. The zero-order valence-corrected chi connectivity index (χ0v) is 17.3. The van der Waals surface area contributed by atoms with E-state index in [1.165, 1.54) is 32.6 Å². The zero-order chi connectivity index (χ0) is 18.0. The molecule has 0 saturated heterocycles. The number of Topliss-reactive ketones (excluding diaryl/α,β-unsaturated/α-hetero) is 1. The van der Waals surface area contributed by atoms with Crippen LogP contribution in [0.5, 0.6) is 0 Å². The van der Waals surface area contributed by atoms with E-state index in [-0.39, 0.29) is 22.3 Å². The molecular weight excluding hydrogens is 380 g/mol. The molecule has 4 rings (SSSR count). The van der Waals surface area contributed by atoms with E-state index in [1.807, 2.05) is 0 Å². The van der Waals surface area contributed by atoms with Gasteiger partial charge >= 0.3 is 5.97 Å². The minimum Gasteiger partial charge on any atom is -0.463 e. The number of hydrogen-bond donors (Lipinski definition) is 0. The van der Waals surface area contributed by atoms with Crippen LogP contribution in [0.15, 0.2) is 0 Å². The number of rotatable bonds is 1. The number of fused-ring (bicyclic) bond motifs is 5. The summed E-state index contributed by atoms with van der Waals surface area (Å²) in [6, 6.07) is 0. The maximum Gasteiger partial charge on any atom is 0.302 e. The molecule has 4 aliphatic rings. The molecule has 0 heterocycles. The van der Waals surface area contributed by atoms with E-state index in [0.717, 1.165) is 31.6 Å². The first-order valence-corrected chi connectivity index (χ1v) is 11.0. The maximum absolute atomic E-state index is 12.7. The minimum absolute atomic E-state index is 0.0754. The summed E-state index contributed by atoms with van der Waals surface area (Å²) in [4.78, 5) is 24.2. The highest BCUT2D eigenvalue weighted by Gasteiger charge is 2.62. The highest BCUT2D eigenvalue weighted by atomic mass is 79.9. The fraction of sp³-hybridized carbons (Fsp3) is 0.905. The van der Waals surface area contributed by atoms with Gasteiger partial charge in [0.15, 0.2) is 5.78 Å². The Morgan fingerprint density at radius 2 is 1.84 bits per heavy atom. The van der Waals surface area contributed by atoms with Crippen molar-refractivity contribution in [1.29, 1.82) is 0 Å². The first kappa shape index (κ1) is 18.0. The highest BCUT2D eigenvalue weighted by Crippen LogP contribution is 2.66. The molecule has 4 saturated carbocycles. The number of carbonyl (C=O) groups excluding carboxylic acids is 2. The van der Waals surface area contributed by atoms with Gasteiger partial charge in [-0.1, -0.05) is 29.8 Å². The van der Waals surface area contributed by atoms with Crippen LogP contribution >= 0.6 is 15.9 Å². The number of esters is 1. The molecule has 4 aliphatic carbocycles. The van der Waals surface area contributed by atoms with E-state index in [4.69, 9.17) is 4.74 Å². The van der Waals surface area contributed by atoms with Crippen LogP contribution in [-0.4, -0.2) is 22.7 Å². The second-order valence-corrected chi connectivity index (χ2v) is 10.8. The van der Waals surface area contributed by atoms with Crippen molar-refractivity contribution in [2.45, 2.75) is 83.1 Å². The van der Waals surface area contributed by atoms with Gasteiger partial charge in [-0.3, -0.25) is 9.59 Å². The van der Waals surface area contributed by atoms with Gasteiger partial charge in [0, 0.05) is 12.3 Å². The van der Waals surface area contributed by atoms with Crippen molar-refractivity contribution in [3.05, 3.63) is 0 Å². The Morgan fingerprint density at radius 1 is 1.08 bits per heavy atom. The Balaban J connectivity index is 1.55. The zero-order valence-electron chi connectivity index (χ0n) is 15.7. The summed E-state index contributed by atoms with van der Waals surface area (Å²) in [5, 5.41) is 0. The van der Waals surface area contributed by atoms with Crippen LogP contribution in [0.4, 0.5) is 0 Å². The predicted octanol–water partition coefficient (Wildman–Crippen LogP) is 4.90. The fourth-order valence-electron chi connectivity index (χ4n) is 7.31. The summed E-state index contributed by atoms with van der Waals surface area (Å²) in [7, 11) is 0. The molecule has 0 unspecified atom stereocenters. The molecule has 140 valence electrons. The topological polar surface area (TPSA) is 43.4 Å². The average Bonchev–Trinajstić information content (AvgIpc) is 2.78. The third-order valence-electron chi connectivity index (χ3n) is 8.65. The van der Waals surface area contributed by atoms with Gasteiger partial charge in [0.05, 0.1) is 4.83 Å². The molecule has 0 aliphatic heterocycles. The number of halogens is 1. The lowest BCUT2D eigenvalue weighted by Gasteiger charge is -2.60. The van der Waals surface area contributed by atoms with E-state index in [9.17, 15) is 9.59 Å². The van der Waals surface area contributed by atoms with Gasteiger partial charge in [-0.25, -0.2) is 0 Å². The number of carbonyl (C=O) groups is 2. The minimum atomic E-state index is -0.136. The van der Waals surface area contributed by atoms with E-state index in [2.05, 4.69) is 29.8 Å². The Kier molecular flexibility index (Phi) is 4.37. The van der Waals surface area contributed by atoms with E-state index in [1.54, 1.807) is 0 Å². The summed E-state index contributed by atoms with van der Waals surface area (Å²) < 4.78 is 5.54. The van der Waals surface area contributed by atoms with E-state index >= 15 is 0 Å². The van der Waals surface area contributed by atoms with Crippen LogP contribution in [0.25, 0.3) is 0 Å². The maximum atomic E-state index is 12.7. The molecule has 0 aromatic carbocycles. The molecule has 3 nitrogen and oxygen atoms in total. The van der Waals surface area contributed by atoms with Gasteiger partial charge in [0.1, 0.15) is 6.10 Å². The normalized spacial score (nSPS) is 52.1. The third-order valence-corrected chi connectivity index (χ3v) is 9.44. The summed E-state index contributed by atoms with van der Waals surface area (Å²) in [5.41, 5.74) is 0.280. The van der Waals surface area contributed by atoms with Crippen LogP contribution in [0.1, 0.15) is 72.1 Å². The Bertz CT molecular complexity index is 590. The smallest absolute Gasteiger partial charge is 0.302 e. The lowest BCUT2D eigenvalue weighted by Crippen LogP contribution is -2.54. The number of hydrogen-bond acceptors (Lipinski definition) is 3. The van der Waals surface area contributed by atoms with Crippen LogP contribution in [-0.2, 0) is 14.3 Å². The first-order chi connectivity index (χ1) is 11.8. The van der Waals surface area contributed by atoms with Crippen LogP contribution < -0.4 is 0 Å². The summed E-state index contributed by atoms with van der Waals surface area (Å²) in [6.07, 6.45) is 9.15. The molecule has 0 radical (unpaired) electrons. The van der Waals surface area contributed by atoms with Gasteiger partial charge in [0.25, 0.3) is 0 Å². The molecule has 0 N–H and O–H groups in total. The molecule has 8 atom stereocenters.